The van der Waals surface area contributed by atoms with E-state index in [9.17, 15) is 14.7 Å². The number of aliphatic hydroxyl groups excluding tert-OH is 1. The van der Waals surface area contributed by atoms with E-state index in [4.69, 9.17) is 34.1 Å². The summed E-state index contributed by atoms with van der Waals surface area (Å²) in [5.74, 6) is 1.50. The van der Waals surface area contributed by atoms with Crippen LogP contribution in [0.3, 0.4) is 0 Å². The standard InChI is InChI=1S/C14H26O3S.C13H24O3S.2CH4.Na.2O2.H/c1-13(2,10-16-3)18-11-14(12(15)17-4)8-6-5-7-9-14;1-12(2,9-14)17-10-13(11(15)16-3)7-5-4-6-8-13;;;;2*1-2;/h5-11H2,1-4H3;14H,4-10H2,1-3H3;2*1H4;;;;/q;;;;+1;;;-1. The van der Waals surface area contributed by atoms with E-state index in [1.165, 1.54) is 27.1 Å². The predicted molar refractivity (Wildman–Crippen MR) is 175 cm³/mol. The van der Waals surface area contributed by atoms with Crippen LogP contribution in [-0.4, -0.2) is 72.6 Å². The van der Waals surface area contributed by atoms with Crippen LogP contribution in [0.4, 0.5) is 0 Å². The zero-order valence-corrected chi connectivity index (χ0v) is 29.5. The first-order chi connectivity index (χ1) is 18.4. The molecule has 2 saturated carbocycles. The zero-order chi connectivity index (χ0) is 30.6. The van der Waals surface area contributed by atoms with E-state index >= 15 is 0 Å². The van der Waals surface area contributed by atoms with Crippen LogP contribution in [0.1, 0.15) is 108 Å². The second-order valence-electron chi connectivity index (χ2n) is 11.4. The Morgan fingerprint density at radius 2 is 1.00 bits per heavy atom. The van der Waals surface area contributed by atoms with Crippen molar-refractivity contribution in [3.63, 3.8) is 0 Å². The fourth-order valence-corrected chi connectivity index (χ4v) is 7.25. The molecule has 2 aliphatic carbocycles. The number of thioether (sulfide) groups is 2. The third-order valence-electron chi connectivity index (χ3n) is 7.21. The summed E-state index contributed by atoms with van der Waals surface area (Å²) in [6, 6.07) is 0. The van der Waals surface area contributed by atoms with Gasteiger partial charge in [-0.1, -0.05) is 53.4 Å². The van der Waals surface area contributed by atoms with Gasteiger partial charge in [0.15, 0.2) is 0 Å². The quantitative estimate of drug-likeness (QED) is 0.248. The molecule has 2 aliphatic rings. The van der Waals surface area contributed by atoms with Gasteiger partial charge in [0.25, 0.3) is 0 Å². The number of methoxy groups -OCH3 is 3. The number of esters is 2. The number of ether oxygens (including phenoxy) is 3. The van der Waals surface area contributed by atoms with Crippen molar-refractivity contribution in [3.05, 3.63) is 19.9 Å². The van der Waals surface area contributed by atoms with Gasteiger partial charge >= 0.3 is 41.5 Å². The Morgan fingerprint density at radius 1 is 0.690 bits per heavy atom. The third kappa shape index (κ3) is 18.5. The molecule has 0 bridgehead atoms. The van der Waals surface area contributed by atoms with Crippen molar-refractivity contribution in [2.24, 2.45) is 10.8 Å². The van der Waals surface area contributed by atoms with Crippen molar-refractivity contribution in [2.75, 3.05) is 46.0 Å². The van der Waals surface area contributed by atoms with Crippen LogP contribution in [0, 0.1) is 30.7 Å². The minimum absolute atomic E-state index is 0. The first-order valence-electron chi connectivity index (χ1n) is 13.3. The molecular weight excluding hydrogens is 595 g/mol. The van der Waals surface area contributed by atoms with Gasteiger partial charge in [0, 0.05) is 48.0 Å². The number of hydrogen-bond acceptors (Lipinski definition) is 12. The molecule has 42 heavy (non-hydrogen) atoms. The van der Waals surface area contributed by atoms with Crippen molar-refractivity contribution >= 4 is 35.5 Å². The number of carbonyl (C=O) groups excluding carboxylic acids is 2. The topological polar surface area (TPSA) is 150 Å². The summed E-state index contributed by atoms with van der Waals surface area (Å²) in [6.07, 6.45) is 10.7. The number of rotatable bonds is 11. The van der Waals surface area contributed by atoms with Crippen molar-refractivity contribution in [2.45, 2.75) is 116 Å². The number of hydrogen-bond donors (Lipinski definition) is 1. The van der Waals surface area contributed by atoms with Crippen LogP contribution in [-0.2, 0) is 23.8 Å². The minimum Gasteiger partial charge on any atom is -1.00 e. The van der Waals surface area contributed by atoms with Crippen molar-refractivity contribution in [3.8, 4) is 0 Å². The summed E-state index contributed by atoms with van der Waals surface area (Å²) < 4.78 is 15.1. The van der Waals surface area contributed by atoms with Gasteiger partial charge in [-0.2, -0.15) is 23.5 Å². The van der Waals surface area contributed by atoms with Gasteiger partial charge in [0.05, 0.1) is 38.3 Å². The molecule has 0 spiro atoms. The van der Waals surface area contributed by atoms with Crippen molar-refractivity contribution in [1.29, 1.82) is 0 Å². The van der Waals surface area contributed by atoms with Crippen LogP contribution in [0.2, 0.25) is 0 Å². The molecule has 0 aromatic rings. The Kier molecular flexibility index (Phi) is 33.1. The summed E-state index contributed by atoms with van der Waals surface area (Å²) in [4.78, 5) is 52.1. The molecule has 1 N–H and O–H groups in total. The average Bonchev–Trinajstić information content (AvgIpc) is 2.97. The largest absolute Gasteiger partial charge is 1.00 e. The van der Waals surface area contributed by atoms with Gasteiger partial charge in [0.1, 0.15) is 0 Å². The van der Waals surface area contributed by atoms with Gasteiger partial charge in [-0.15, -0.1) is 0 Å². The third-order valence-corrected chi connectivity index (χ3v) is 10.4. The SMILES string of the molecule is C.C.COC(=O)C1(CSC(C)(C)CO)CCCCC1.COCC(C)(C)SCC1(C(=O)OC)CCCCC1.O=O.O=O.[H-].[Na+]. The molecule has 2 rings (SSSR count). The van der Waals surface area contributed by atoms with Gasteiger partial charge in [-0.05, 0) is 53.4 Å². The Balaban J connectivity index is -0.000000132. The minimum atomic E-state index is -0.315. The van der Waals surface area contributed by atoms with Crippen molar-refractivity contribution < 1.29 is 59.9 Å². The van der Waals surface area contributed by atoms with Gasteiger partial charge in [0.2, 0.25) is 0 Å². The molecule has 0 saturated heterocycles. The summed E-state index contributed by atoms with van der Waals surface area (Å²) >= 11 is 3.50. The van der Waals surface area contributed by atoms with Gasteiger partial charge in [-0.25, -0.2) is 0 Å². The van der Waals surface area contributed by atoms with E-state index in [1.54, 1.807) is 18.9 Å². The van der Waals surface area contributed by atoms with Crippen LogP contribution in [0.15, 0.2) is 0 Å². The Morgan fingerprint density at radius 3 is 1.26 bits per heavy atom. The van der Waals surface area contributed by atoms with Crippen LogP contribution in [0.25, 0.3) is 0 Å². The zero-order valence-electron chi connectivity index (χ0n) is 26.8. The van der Waals surface area contributed by atoms with Crippen LogP contribution < -0.4 is 29.6 Å². The molecule has 0 aromatic carbocycles. The van der Waals surface area contributed by atoms with Gasteiger partial charge < -0.3 is 20.7 Å². The summed E-state index contributed by atoms with van der Waals surface area (Å²) in [5.41, 5.74) is -0.577. The second kappa shape index (κ2) is 27.1. The first-order valence-corrected chi connectivity index (χ1v) is 15.3. The van der Waals surface area contributed by atoms with E-state index in [-0.39, 0.29) is 84.7 Å². The molecule has 2 fully saturated rings. The Bertz CT molecular complexity index is 688. The first kappa shape index (κ1) is 51.3. The fourth-order valence-electron chi connectivity index (χ4n) is 4.81. The maximum atomic E-state index is 12.1. The molecule has 0 atom stereocenters. The molecule has 0 heterocycles. The molecule has 0 amide bonds. The summed E-state index contributed by atoms with van der Waals surface area (Å²) in [7, 11) is 4.70. The number of carbonyl (C=O) groups is 2. The van der Waals surface area contributed by atoms with E-state index in [1.807, 2.05) is 25.6 Å². The Hall–Kier alpha value is -0.240. The second-order valence-corrected chi connectivity index (χ2v) is 14.7. The van der Waals surface area contributed by atoms with E-state index in [0.29, 0.717) is 6.61 Å². The molecule has 0 aliphatic heterocycles. The van der Waals surface area contributed by atoms with E-state index in [2.05, 4.69) is 13.8 Å². The predicted octanol–water partition coefficient (Wildman–Crippen LogP) is 4.40. The van der Waals surface area contributed by atoms with Gasteiger partial charge in [-0.3, -0.25) is 9.59 Å². The Labute approximate surface area is 286 Å². The maximum absolute atomic E-state index is 12.1. The summed E-state index contributed by atoms with van der Waals surface area (Å²) in [5, 5.41) is 9.27. The maximum Gasteiger partial charge on any atom is 1.00 e. The smallest absolute Gasteiger partial charge is 1.00 e. The van der Waals surface area contributed by atoms with Crippen LogP contribution >= 0.6 is 23.5 Å². The van der Waals surface area contributed by atoms with E-state index < -0.39 is 0 Å². The molecule has 10 nitrogen and oxygen atoms in total. The molecule has 0 radical (unpaired) electrons. The normalized spacial score (nSPS) is 16.7. The molecule has 0 aromatic heterocycles. The summed E-state index contributed by atoms with van der Waals surface area (Å²) in [6.45, 7) is 9.17. The van der Waals surface area contributed by atoms with Crippen molar-refractivity contribution in [1.82, 2.24) is 0 Å². The monoisotopic (exact) mass is 654 g/mol. The molecular formula is C29H59NaO10S2. The van der Waals surface area contributed by atoms with E-state index in [0.717, 1.165) is 62.9 Å². The fraction of sp³-hybridized carbons (Fsp3) is 0.931. The number of aliphatic hydroxyl groups is 1. The molecule has 0 unspecified atom stereocenters. The molecule has 248 valence electrons. The van der Waals surface area contributed by atoms with Crippen LogP contribution in [0.5, 0.6) is 0 Å². The molecule has 13 heteroatoms. The average molecular weight is 655 g/mol.